The maximum atomic E-state index is 11.5. The van der Waals surface area contributed by atoms with Crippen LogP contribution in [0.15, 0.2) is 0 Å². The summed E-state index contributed by atoms with van der Waals surface area (Å²) in [6, 6.07) is 2.05. The Bertz CT molecular complexity index is 319. The van der Waals surface area contributed by atoms with Crippen molar-refractivity contribution in [3.8, 4) is 0 Å². The number of hydrogen-bond acceptors (Lipinski definition) is 3. The van der Waals surface area contributed by atoms with Gasteiger partial charge in [-0.2, -0.15) is 0 Å². The van der Waals surface area contributed by atoms with Crippen molar-refractivity contribution in [3.05, 3.63) is 0 Å². The molecule has 108 valence electrons. The van der Waals surface area contributed by atoms with Crippen molar-refractivity contribution in [2.75, 3.05) is 20.1 Å². The van der Waals surface area contributed by atoms with Crippen molar-refractivity contribution in [3.63, 3.8) is 0 Å². The molecule has 0 aromatic heterocycles. The van der Waals surface area contributed by atoms with Crippen molar-refractivity contribution in [2.24, 2.45) is 5.92 Å². The zero-order valence-electron chi connectivity index (χ0n) is 12.0. The predicted octanol–water partition coefficient (Wildman–Crippen LogP) is 1.12. The zero-order valence-corrected chi connectivity index (χ0v) is 12.0. The van der Waals surface area contributed by atoms with Gasteiger partial charge in [-0.05, 0) is 58.0 Å². The van der Waals surface area contributed by atoms with E-state index >= 15 is 0 Å². The highest BCUT2D eigenvalue weighted by Gasteiger charge is 2.38. The van der Waals surface area contributed by atoms with E-state index in [1.165, 1.54) is 25.7 Å². The molecule has 0 aliphatic carbocycles. The third-order valence-corrected chi connectivity index (χ3v) is 5.37. The molecule has 3 heterocycles. The topological polar surface area (TPSA) is 44.4 Å². The molecule has 3 fully saturated rings. The Kier molecular flexibility index (Phi) is 4.08. The van der Waals surface area contributed by atoms with E-state index in [2.05, 4.69) is 22.6 Å². The lowest BCUT2D eigenvalue weighted by atomic mass is 9.90. The Hall–Kier alpha value is -0.610. The standard InChI is InChI=1S/C15H27N3O/c1-18-13-4-5-14(18)8-11(7-13)10-17-12-3-2-6-16-15(19)9-12/h11-14,17H,2-10H2,1H3,(H,16,19). The molecule has 0 spiro atoms. The largest absolute Gasteiger partial charge is 0.356 e. The second-order valence-electron chi connectivity index (χ2n) is 6.69. The summed E-state index contributed by atoms with van der Waals surface area (Å²) in [5.41, 5.74) is 0. The van der Waals surface area contributed by atoms with Gasteiger partial charge in [-0.15, -0.1) is 0 Å². The summed E-state index contributed by atoms with van der Waals surface area (Å²) < 4.78 is 0. The van der Waals surface area contributed by atoms with Gasteiger partial charge >= 0.3 is 0 Å². The summed E-state index contributed by atoms with van der Waals surface area (Å²) in [5.74, 6) is 1.04. The Balaban J connectivity index is 1.46. The van der Waals surface area contributed by atoms with E-state index in [1.807, 2.05) is 0 Å². The van der Waals surface area contributed by atoms with Crippen LogP contribution in [0, 0.1) is 5.92 Å². The minimum atomic E-state index is 0.221. The first-order valence-corrected chi connectivity index (χ1v) is 7.94. The average Bonchev–Trinajstić information content (AvgIpc) is 2.63. The maximum Gasteiger partial charge on any atom is 0.221 e. The first-order chi connectivity index (χ1) is 9.22. The van der Waals surface area contributed by atoms with Crippen molar-refractivity contribution in [2.45, 2.75) is 63.1 Å². The van der Waals surface area contributed by atoms with E-state index in [0.29, 0.717) is 12.5 Å². The minimum absolute atomic E-state index is 0.221. The third kappa shape index (κ3) is 3.11. The lowest BCUT2D eigenvalue weighted by Gasteiger charge is -2.37. The van der Waals surface area contributed by atoms with Gasteiger partial charge in [0.15, 0.2) is 0 Å². The molecule has 3 rings (SSSR count). The Morgan fingerprint density at radius 2 is 2.00 bits per heavy atom. The number of amides is 1. The molecule has 3 saturated heterocycles. The number of carbonyl (C=O) groups is 1. The highest BCUT2D eigenvalue weighted by molar-refractivity contribution is 5.76. The zero-order chi connectivity index (χ0) is 13.2. The molecule has 0 aromatic rings. The van der Waals surface area contributed by atoms with E-state index in [4.69, 9.17) is 0 Å². The van der Waals surface area contributed by atoms with Gasteiger partial charge in [0.2, 0.25) is 5.91 Å². The summed E-state index contributed by atoms with van der Waals surface area (Å²) in [4.78, 5) is 14.1. The summed E-state index contributed by atoms with van der Waals surface area (Å²) in [5, 5.41) is 6.62. The van der Waals surface area contributed by atoms with Gasteiger partial charge in [-0.3, -0.25) is 4.79 Å². The van der Waals surface area contributed by atoms with Gasteiger partial charge in [-0.25, -0.2) is 0 Å². The van der Waals surface area contributed by atoms with Crippen LogP contribution >= 0.6 is 0 Å². The summed E-state index contributed by atoms with van der Waals surface area (Å²) in [7, 11) is 2.29. The minimum Gasteiger partial charge on any atom is -0.356 e. The normalized spacial score (nSPS) is 39.9. The molecule has 0 saturated carbocycles. The van der Waals surface area contributed by atoms with Crippen molar-refractivity contribution in [1.82, 2.24) is 15.5 Å². The van der Waals surface area contributed by atoms with Crippen LogP contribution in [0.1, 0.15) is 44.9 Å². The molecule has 19 heavy (non-hydrogen) atoms. The van der Waals surface area contributed by atoms with Crippen LogP contribution in [0.4, 0.5) is 0 Å². The van der Waals surface area contributed by atoms with Gasteiger partial charge in [0.05, 0.1) is 0 Å². The average molecular weight is 265 g/mol. The molecule has 0 radical (unpaired) electrons. The fraction of sp³-hybridized carbons (Fsp3) is 0.933. The van der Waals surface area contributed by atoms with Crippen LogP contribution in [0.3, 0.4) is 0 Å². The molecule has 3 atom stereocenters. The summed E-state index contributed by atoms with van der Waals surface area (Å²) >= 11 is 0. The van der Waals surface area contributed by atoms with Crippen molar-refractivity contribution >= 4 is 5.91 Å². The van der Waals surface area contributed by atoms with Crippen LogP contribution in [0.25, 0.3) is 0 Å². The Morgan fingerprint density at radius 3 is 2.74 bits per heavy atom. The molecular formula is C15H27N3O. The number of carbonyl (C=O) groups excluding carboxylic acids is 1. The number of nitrogens with zero attached hydrogens (tertiary/aromatic N) is 1. The second kappa shape index (κ2) is 5.80. The fourth-order valence-corrected chi connectivity index (χ4v) is 4.17. The van der Waals surface area contributed by atoms with E-state index in [0.717, 1.165) is 43.9 Å². The van der Waals surface area contributed by atoms with E-state index < -0.39 is 0 Å². The molecule has 0 aromatic carbocycles. The first kappa shape index (κ1) is 13.4. The third-order valence-electron chi connectivity index (χ3n) is 5.37. The fourth-order valence-electron chi connectivity index (χ4n) is 4.17. The number of rotatable bonds is 3. The smallest absolute Gasteiger partial charge is 0.221 e. The molecular weight excluding hydrogens is 238 g/mol. The SMILES string of the molecule is CN1C2CCC1CC(CNC1CCCNC(=O)C1)C2. The molecule has 3 aliphatic rings. The summed E-state index contributed by atoms with van der Waals surface area (Å²) in [6.45, 7) is 1.97. The van der Waals surface area contributed by atoms with Gasteiger partial charge in [0, 0.05) is 31.1 Å². The number of piperidine rings is 1. The molecule has 2 N–H and O–H groups in total. The highest BCUT2D eigenvalue weighted by Crippen LogP contribution is 2.37. The highest BCUT2D eigenvalue weighted by atomic mass is 16.1. The Morgan fingerprint density at radius 1 is 1.26 bits per heavy atom. The van der Waals surface area contributed by atoms with Crippen LogP contribution in [0.5, 0.6) is 0 Å². The first-order valence-electron chi connectivity index (χ1n) is 7.94. The van der Waals surface area contributed by atoms with Crippen molar-refractivity contribution < 1.29 is 4.79 Å². The van der Waals surface area contributed by atoms with E-state index in [9.17, 15) is 4.79 Å². The van der Waals surface area contributed by atoms with Crippen LogP contribution in [-0.2, 0) is 4.79 Å². The molecule has 3 aliphatic heterocycles. The lowest BCUT2D eigenvalue weighted by Crippen LogP contribution is -2.44. The number of hydrogen-bond donors (Lipinski definition) is 2. The lowest BCUT2D eigenvalue weighted by molar-refractivity contribution is -0.121. The van der Waals surface area contributed by atoms with Crippen LogP contribution in [0.2, 0.25) is 0 Å². The molecule has 1 amide bonds. The van der Waals surface area contributed by atoms with Gasteiger partial charge in [-0.1, -0.05) is 0 Å². The van der Waals surface area contributed by atoms with Gasteiger partial charge in [0.25, 0.3) is 0 Å². The monoisotopic (exact) mass is 265 g/mol. The Labute approximate surface area is 116 Å². The van der Waals surface area contributed by atoms with Gasteiger partial charge in [0.1, 0.15) is 0 Å². The summed E-state index contributed by atoms with van der Waals surface area (Å²) in [6.07, 6.45) is 8.39. The van der Waals surface area contributed by atoms with E-state index in [1.54, 1.807) is 0 Å². The maximum absolute atomic E-state index is 11.5. The quantitative estimate of drug-likeness (QED) is 0.804. The van der Waals surface area contributed by atoms with Crippen molar-refractivity contribution in [1.29, 1.82) is 0 Å². The molecule has 4 heteroatoms. The van der Waals surface area contributed by atoms with Crippen LogP contribution in [-0.4, -0.2) is 49.1 Å². The van der Waals surface area contributed by atoms with Gasteiger partial charge < -0.3 is 15.5 Å². The number of nitrogens with one attached hydrogen (secondary N) is 2. The molecule has 4 nitrogen and oxygen atoms in total. The van der Waals surface area contributed by atoms with Crippen LogP contribution < -0.4 is 10.6 Å². The molecule has 3 unspecified atom stereocenters. The predicted molar refractivity (Wildman–Crippen MR) is 75.9 cm³/mol. The number of fused-ring (bicyclic) bond motifs is 2. The van der Waals surface area contributed by atoms with E-state index in [-0.39, 0.29) is 5.91 Å². The second-order valence-corrected chi connectivity index (χ2v) is 6.69. The molecule has 2 bridgehead atoms.